The number of hydrogen-bond donors (Lipinski definition) is 1. The second-order valence-electron chi connectivity index (χ2n) is 5.55. The maximum Gasteiger partial charge on any atom is 0.0726 e. The molecule has 0 aromatic rings. The summed E-state index contributed by atoms with van der Waals surface area (Å²) < 4.78 is 5.65. The molecule has 4 unspecified atom stereocenters. The number of rotatable bonds is 2. The first kappa shape index (κ1) is 12.3. The molecule has 16 heavy (non-hydrogen) atoms. The molecule has 2 N–H and O–H groups in total. The molecular weight excluding hydrogens is 200 g/mol. The number of methoxy groups -OCH3 is 1. The normalized spacial score (nSPS) is 42.2. The number of likely N-dealkylation sites (tertiary alicyclic amines) is 1. The summed E-state index contributed by atoms with van der Waals surface area (Å²) in [5, 5.41) is 0. The maximum absolute atomic E-state index is 6.08. The highest BCUT2D eigenvalue weighted by molar-refractivity contribution is 4.89. The molecule has 0 aromatic heterocycles. The molecule has 94 valence electrons. The quantitative estimate of drug-likeness (QED) is 0.777. The highest BCUT2D eigenvalue weighted by Crippen LogP contribution is 2.28. The van der Waals surface area contributed by atoms with Gasteiger partial charge in [-0.15, -0.1) is 0 Å². The first-order valence-electron chi connectivity index (χ1n) is 6.74. The van der Waals surface area contributed by atoms with Gasteiger partial charge in [-0.1, -0.05) is 19.8 Å². The van der Waals surface area contributed by atoms with Gasteiger partial charge in [0.15, 0.2) is 0 Å². The summed E-state index contributed by atoms with van der Waals surface area (Å²) in [6.45, 7) is 4.60. The number of ether oxygens (including phenoxy) is 1. The van der Waals surface area contributed by atoms with E-state index in [2.05, 4.69) is 11.8 Å². The Labute approximate surface area is 99.3 Å². The zero-order chi connectivity index (χ0) is 11.5. The minimum Gasteiger partial charge on any atom is -0.380 e. The predicted molar refractivity (Wildman–Crippen MR) is 66.4 cm³/mol. The van der Waals surface area contributed by atoms with Crippen LogP contribution in [-0.2, 0) is 4.74 Å². The van der Waals surface area contributed by atoms with E-state index in [1.807, 2.05) is 7.11 Å². The zero-order valence-electron chi connectivity index (χ0n) is 10.7. The number of hydrogen-bond acceptors (Lipinski definition) is 3. The second kappa shape index (κ2) is 5.48. The van der Waals surface area contributed by atoms with E-state index in [1.165, 1.54) is 25.7 Å². The number of piperidine rings is 1. The Morgan fingerprint density at radius 3 is 2.62 bits per heavy atom. The molecule has 1 aliphatic carbocycles. The Kier molecular flexibility index (Phi) is 4.22. The van der Waals surface area contributed by atoms with Crippen LogP contribution in [-0.4, -0.2) is 43.3 Å². The lowest BCUT2D eigenvalue weighted by molar-refractivity contribution is -0.0261. The maximum atomic E-state index is 6.08. The van der Waals surface area contributed by atoms with Crippen molar-refractivity contribution in [2.45, 2.75) is 57.2 Å². The molecule has 0 amide bonds. The van der Waals surface area contributed by atoms with Crippen molar-refractivity contribution in [3.63, 3.8) is 0 Å². The van der Waals surface area contributed by atoms with Gasteiger partial charge in [0.2, 0.25) is 0 Å². The largest absolute Gasteiger partial charge is 0.380 e. The molecule has 1 aliphatic heterocycles. The molecule has 2 aliphatic rings. The fourth-order valence-corrected chi connectivity index (χ4v) is 3.27. The molecule has 2 rings (SSSR count). The lowest BCUT2D eigenvalue weighted by Gasteiger charge is -2.44. The van der Waals surface area contributed by atoms with Crippen molar-refractivity contribution in [2.75, 3.05) is 20.2 Å². The molecular formula is C13H26N2O. The molecule has 2 fully saturated rings. The lowest BCUT2D eigenvalue weighted by Crippen LogP contribution is -2.54. The number of nitrogens with two attached hydrogens (primary N) is 1. The van der Waals surface area contributed by atoms with Gasteiger partial charge in [0.1, 0.15) is 0 Å². The molecule has 1 saturated carbocycles. The van der Waals surface area contributed by atoms with Crippen LogP contribution < -0.4 is 5.73 Å². The van der Waals surface area contributed by atoms with Gasteiger partial charge in [-0.05, 0) is 25.2 Å². The summed E-state index contributed by atoms with van der Waals surface area (Å²) in [4.78, 5) is 2.63. The summed E-state index contributed by atoms with van der Waals surface area (Å²) in [5.74, 6) is 0.633. The van der Waals surface area contributed by atoms with Gasteiger partial charge in [-0.25, -0.2) is 0 Å². The van der Waals surface area contributed by atoms with Gasteiger partial charge in [0.25, 0.3) is 0 Å². The highest BCUT2D eigenvalue weighted by atomic mass is 16.5. The van der Waals surface area contributed by atoms with E-state index in [1.54, 1.807) is 0 Å². The molecule has 3 nitrogen and oxygen atoms in total. The van der Waals surface area contributed by atoms with Crippen molar-refractivity contribution in [3.05, 3.63) is 0 Å². The highest BCUT2D eigenvalue weighted by Gasteiger charge is 2.34. The average molecular weight is 226 g/mol. The third-order valence-electron chi connectivity index (χ3n) is 4.44. The van der Waals surface area contributed by atoms with Crippen LogP contribution in [0.15, 0.2) is 0 Å². The van der Waals surface area contributed by atoms with Gasteiger partial charge in [-0.3, -0.25) is 4.90 Å². The summed E-state index contributed by atoms with van der Waals surface area (Å²) in [5.41, 5.74) is 6.08. The minimum atomic E-state index is 0.404. The van der Waals surface area contributed by atoms with Crippen molar-refractivity contribution >= 4 is 0 Å². The standard InChI is InChI=1S/C13H26N2O/c1-10-9-15(8-7-11(10)14)12-5-3-4-6-13(12)16-2/h10-13H,3-9,14H2,1-2H3. The molecule has 1 heterocycles. The Hall–Kier alpha value is -0.120. The van der Waals surface area contributed by atoms with Crippen molar-refractivity contribution in [3.8, 4) is 0 Å². The summed E-state index contributed by atoms with van der Waals surface area (Å²) >= 11 is 0. The van der Waals surface area contributed by atoms with Crippen LogP contribution in [0, 0.1) is 5.92 Å². The van der Waals surface area contributed by atoms with E-state index in [0.717, 1.165) is 19.5 Å². The molecule has 0 aromatic carbocycles. The predicted octanol–water partition coefficient (Wildman–Crippen LogP) is 1.61. The topological polar surface area (TPSA) is 38.5 Å². The van der Waals surface area contributed by atoms with E-state index in [0.29, 0.717) is 24.1 Å². The molecule has 0 spiro atoms. The van der Waals surface area contributed by atoms with Crippen LogP contribution >= 0.6 is 0 Å². The van der Waals surface area contributed by atoms with Crippen LogP contribution in [0.5, 0.6) is 0 Å². The SMILES string of the molecule is COC1CCCCC1N1CCC(N)C(C)C1. The van der Waals surface area contributed by atoms with Gasteiger partial charge < -0.3 is 10.5 Å². The molecule has 0 radical (unpaired) electrons. The third kappa shape index (κ3) is 2.58. The molecule has 1 saturated heterocycles. The minimum absolute atomic E-state index is 0.404. The van der Waals surface area contributed by atoms with E-state index in [9.17, 15) is 0 Å². The zero-order valence-corrected chi connectivity index (χ0v) is 10.7. The van der Waals surface area contributed by atoms with E-state index in [4.69, 9.17) is 10.5 Å². The molecule has 0 bridgehead atoms. The Morgan fingerprint density at radius 2 is 1.94 bits per heavy atom. The summed E-state index contributed by atoms with van der Waals surface area (Å²) in [6, 6.07) is 1.05. The van der Waals surface area contributed by atoms with Crippen LogP contribution in [0.25, 0.3) is 0 Å². The van der Waals surface area contributed by atoms with Gasteiger partial charge >= 0.3 is 0 Å². The van der Waals surface area contributed by atoms with Crippen molar-refractivity contribution in [1.29, 1.82) is 0 Å². The fourth-order valence-electron chi connectivity index (χ4n) is 3.27. The first-order valence-corrected chi connectivity index (χ1v) is 6.74. The van der Waals surface area contributed by atoms with Crippen LogP contribution in [0.2, 0.25) is 0 Å². The number of nitrogens with zero attached hydrogens (tertiary/aromatic N) is 1. The second-order valence-corrected chi connectivity index (χ2v) is 5.55. The van der Waals surface area contributed by atoms with Crippen molar-refractivity contribution < 1.29 is 4.74 Å². The van der Waals surface area contributed by atoms with Gasteiger partial charge in [-0.2, -0.15) is 0 Å². The van der Waals surface area contributed by atoms with Crippen LogP contribution in [0.1, 0.15) is 39.0 Å². The van der Waals surface area contributed by atoms with E-state index >= 15 is 0 Å². The van der Waals surface area contributed by atoms with Gasteiger partial charge in [0.05, 0.1) is 6.10 Å². The molecule has 4 atom stereocenters. The average Bonchev–Trinajstić information content (AvgIpc) is 2.32. The van der Waals surface area contributed by atoms with Crippen LogP contribution in [0.4, 0.5) is 0 Å². The first-order chi connectivity index (χ1) is 7.72. The smallest absolute Gasteiger partial charge is 0.0726 e. The summed E-state index contributed by atoms with van der Waals surface area (Å²) in [6.07, 6.45) is 6.83. The van der Waals surface area contributed by atoms with Crippen molar-refractivity contribution in [2.24, 2.45) is 11.7 Å². The van der Waals surface area contributed by atoms with Crippen LogP contribution in [0.3, 0.4) is 0 Å². The Balaban J connectivity index is 1.95. The van der Waals surface area contributed by atoms with Crippen molar-refractivity contribution in [1.82, 2.24) is 4.90 Å². The Morgan fingerprint density at radius 1 is 1.19 bits per heavy atom. The van der Waals surface area contributed by atoms with E-state index in [-0.39, 0.29) is 0 Å². The lowest BCUT2D eigenvalue weighted by atomic mass is 9.87. The third-order valence-corrected chi connectivity index (χ3v) is 4.44. The molecule has 3 heteroatoms. The summed E-state index contributed by atoms with van der Waals surface area (Å²) in [7, 11) is 1.86. The van der Waals surface area contributed by atoms with Gasteiger partial charge in [0, 0.05) is 32.3 Å². The van der Waals surface area contributed by atoms with E-state index < -0.39 is 0 Å². The Bertz CT molecular complexity index is 222. The fraction of sp³-hybridized carbons (Fsp3) is 1.00. The monoisotopic (exact) mass is 226 g/mol.